The molecule has 0 spiro atoms. The van der Waals surface area contributed by atoms with E-state index in [9.17, 15) is 0 Å². The molecule has 1 aromatic rings. The van der Waals surface area contributed by atoms with Crippen molar-refractivity contribution in [2.45, 2.75) is 12.8 Å². The number of benzene rings is 1. The third kappa shape index (κ3) is 5.08. The maximum Gasteiger partial charge on any atom is 0.190 e. The Morgan fingerprint density at radius 2 is 1.94 bits per heavy atom. The normalized spacial score (nSPS) is 11.2. The molecule has 0 bridgehead atoms. The van der Waals surface area contributed by atoms with Gasteiger partial charge in [-0.1, -0.05) is 18.2 Å². The Labute approximate surface area is 110 Å². The number of rotatable bonds is 6. The lowest BCUT2D eigenvalue weighted by Gasteiger charge is -2.19. The molecule has 0 atom stereocenters. The minimum Gasteiger partial charge on any atom is -0.375 e. The summed E-state index contributed by atoms with van der Waals surface area (Å²) in [5, 5.41) is 6.26. The van der Waals surface area contributed by atoms with Gasteiger partial charge in [0, 0.05) is 39.9 Å². The average molecular weight is 248 g/mol. The van der Waals surface area contributed by atoms with E-state index in [0.29, 0.717) is 0 Å². The van der Waals surface area contributed by atoms with E-state index >= 15 is 0 Å². The Hall–Kier alpha value is -1.71. The number of aliphatic imine (C=N–C) groups is 1. The summed E-state index contributed by atoms with van der Waals surface area (Å²) in [6, 6.07) is 10.5. The van der Waals surface area contributed by atoms with Gasteiger partial charge in [0.25, 0.3) is 0 Å². The highest BCUT2D eigenvalue weighted by Gasteiger charge is 1.99. The van der Waals surface area contributed by atoms with Crippen LogP contribution in [0, 0.1) is 0 Å². The highest BCUT2D eigenvalue weighted by Crippen LogP contribution is 2.11. The van der Waals surface area contributed by atoms with Crippen molar-refractivity contribution in [2.24, 2.45) is 4.99 Å². The van der Waals surface area contributed by atoms with Crippen molar-refractivity contribution < 1.29 is 0 Å². The van der Waals surface area contributed by atoms with Gasteiger partial charge in [-0.2, -0.15) is 0 Å². The van der Waals surface area contributed by atoms with E-state index in [2.05, 4.69) is 51.8 Å². The zero-order valence-corrected chi connectivity index (χ0v) is 11.6. The van der Waals surface area contributed by atoms with Crippen LogP contribution in [-0.4, -0.2) is 40.2 Å². The van der Waals surface area contributed by atoms with Crippen molar-refractivity contribution >= 4 is 11.6 Å². The van der Waals surface area contributed by atoms with E-state index < -0.39 is 0 Å². The van der Waals surface area contributed by atoms with Gasteiger partial charge in [-0.15, -0.1) is 0 Å². The van der Waals surface area contributed by atoms with E-state index in [4.69, 9.17) is 0 Å². The molecule has 0 radical (unpaired) electrons. The number of para-hydroxylation sites is 1. The molecule has 0 aliphatic heterocycles. The second-order valence-electron chi connectivity index (χ2n) is 4.21. The molecule has 0 fully saturated rings. The van der Waals surface area contributed by atoms with E-state index in [1.54, 1.807) is 7.05 Å². The van der Waals surface area contributed by atoms with Gasteiger partial charge in [-0.25, -0.2) is 0 Å². The fourth-order valence-corrected chi connectivity index (χ4v) is 1.77. The van der Waals surface area contributed by atoms with Crippen LogP contribution < -0.4 is 15.5 Å². The van der Waals surface area contributed by atoms with Gasteiger partial charge in [-0.3, -0.25) is 4.99 Å². The predicted molar refractivity (Wildman–Crippen MR) is 79.4 cm³/mol. The molecule has 1 rings (SSSR count). The Balaban J connectivity index is 2.15. The Morgan fingerprint density at radius 3 is 2.56 bits per heavy atom. The van der Waals surface area contributed by atoms with Gasteiger partial charge in [-0.05, 0) is 25.0 Å². The average Bonchev–Trinajstić information content (AvgIpc) is 2.43. The highest BCUT2D eigenvalue weighted by atomic mass is 15.1. The van der Waals surface area contributed by atoms with E-state index in [1.165, 1.54) is 12.1 Å². The number of nitrogens with zero attached hydrogens (tertiary/aromatic N) is 2. The molecule has 1 aromatic carbocycles. The maximum atomic E-state index is 4.07. The quantitative estimate of drug-likeness (QED) is 0.457. The first kappa shape index (κ1) is 14.4. The summed E-state index contributed by atoms with van der Waals surface area (Å²) in [4.78, 5) is 6.36. The second kappa shape index (κ2) is 8.39. The van der Waals surface area contributed by atoms with E-state index in [-0.39, 0.29) is 0 Å². The van der Waals surface area contributed by atoms with Crippen molar-refractivity contribution in [2.75, 3.05) is 39.1 Å². The molecule has 18 heavy (non-hydrogen) atoms. The molecule has 0 unspecified atom stereocenters. The SMILES string of the molecule is CN=C(NC)NCCCCN(C)c1ccccc1. The first-order valence-corrected chi connectivity index (χ1v) is 6.42. The van der Waals surface area contributed by atoms with Gasteiger partial charge >= 0.3 is 0 Å². The predicted octanol–water partition coefficient (Wildman–Crippen LogP) is 1.70. The van der Waals surface area contributed by atoms with Crippen LogP contribution >= 0.6 is 0 Å². The van der Waals surface area contributed by atoms with E-state index in [1.807, 2.05) is 13.1 Å². The van der Waals surface area contributed by atoms with Crippen LogP contribution in [-0.2, 0) is 0 Å². The molecule has 0 amide bonds. The summed E-state index contributed by atoms with van der Waals surface area (Å²) in [7, 11) is 5.79. The first-order valence-electron chi connectivity index (χ1n) is 6.42. The molecule has 0 aromatic heterocycles. The number of hydrogen-bond acceptors (Lipinski definition) is 2. The topological polar surface area (TPSA) is 39.7 Å². The van der Waals surface area contributed by atoms with Gasteiger partial charge in [0.2, 0.25) is 0 Å². The molecule has 0 aliphatic rings. The van der Waals surface area contributed by atoms with Crippen LogP contribution in [0.25, 0.3) is 0 Å². The Kier molecular flexibility index (Phi) is 6.69. The van der Waals surface area contributed by atoms with Crippen LogP contribution in [0.15, 0.2) is 35.3 Å². The standard InChI is InChI=1S/C14H24N4/c1-15-14(16-2)17-11-7-8-12-18(3)13-9-5-4-6-10-13/h4-6,9-10H,7-8,11-12H2,1-3H3,(H2,15,16,17). The molecular weight excluding hydrogens is 224 g/mol. The molecular formula is C14H24N4. The van der Waals surface area contributed by atoms with Crippen LogP contribution in [0.3, 0.4) is 0 Å². The molecule has 0 aliphatic carbocycles. The lowest BCUT2D eigenvalue weighted by Crippen LogP contribution is -2.35. The summed E-state index contributed by atoms with van der Waals surface area (Å²) in [6.07, 6.45) is 2.30. The zero-order chi connectivity index (χ0) is 13.2. The molecule has 0 saturated carbocycles. The summed E-state index contributed by atoms with van der Waals surface area (Å²) >= 11 is 0. The molecule has 0 heterocycles. The Morgan fingerprint density at radius 1 is 1.22 bits per heavy atom. The van der Waals surface area contributed by atoms with Crippen LogP contribution in [0.1, 0.15) is 12.8 Å². The molecule has 4 nitrogen and oxygen atoms in total. The van der Waals surface area contributed by atoms with Crippen molar-refractivity contribution in [3.8, 4) is 0 Å². The molecule has 0 saturated heterocycles. The minimum absolute atomic E-state index is 0.853. The largest absolute Gasteiger partial charge is 0.375 e. The number of hydrogen-bond donors (Lipinski definition) is 2. The third-order valence-electron chi connectivity index (χ3n) is 2.87. The van der Waals surface area contributed by atoms with Crippen molar-refractivity contribution in [1.29, 1.82) is 0 Å². The van der Waals surface area contributed by atoms with Gasteiger partial charge < -0.3 is 15.5 Å². The number of nitrogens with one attached hydrogen (secondary N) is 2. The van der Waals surface area contributed by atoms with Gasteiger partial charge in [0.1, 0.15) is 0 Å². The highest BCUT2D eigenvalue weighted by molar-refractivity contribution is 5.79. The van der Waals surface area contributed by atoms with Crippen molar-refractivity contribution in [3.63, 3.8) is 0 Å². The smallest absolute Gasteiger partial charge is 0.190 e. The van der Waals surface area contributed by atoms with Crippen LogP contribution in [0.5, 0.6) is 0 Å². The fourth-order valence-electron chi connectivity index (χ4n) is 1.77. The lowest BCUT2D eigenvalue weighted by molar-refractivity contribution is 0.692. The van der Waals surface area contributed by atoms with Crippen LogP contribution in [0.2, 0.25) is 0 Å². The maximum absolute atomic E-state index is 4.07. The first-order chi connectivity index (χ1) is 8.77. The lowest BCUT2D eigenvalue weighted by atomic mass is 10.2. The van der Waals surface area contributed by atoms with Crippen molar-refractivity contribution in [3.05, 3.63) is 30.3 Å². The Bertz CT molecular complexity index is 348. The fraction of sp³-hybridized carbons (Fsp3) is 0.500. The monoisotopic (exact) mass is 248 g/mol. The van der Waals surface area contributed by atoms with Crippen molar-refractivity contribution in [1.82, 2.24) is 10.6 Å². The molecule has 4 heteroatoms. The van der Waals surface area contributed by atoms with E-state index in [0.717, 1.165) is 25.5 Å². The second-order valence-corrected chi connectivity index (χ2v) is 4.21. The van der Waals surface area contributed by atoms with Gasteiger partial charge in [0.15, 0.2) is 5.96 Å². The summed E-state index contributed by atoms with van der Waals surface area (Å²) in [5.41, 5.74) is 1.27. The summed E-state index contributed by atoms with van der Waals surface area (Å²) in [6.45, 7) is 2.03. The zero-order valence-electron chi connectivity index (χ0n) is 11.6. The number of unbranched alkanes of at least 4 members (excludes halogenated alkanes) is 1. The molecule has 2 N–H and O–H groups in total. The van der Waals surface area contributed by atoms with Crippen LogP contribution in [0.4, 0.5) is 5.69 Å². The number of guanidine groups is 1. The summed E-state index contributed by atoms with van der Waals surface area (Å²) in [5.74, 6) is 0.853. The molecule has 100 valence electrons. The minimum atomic E-state index is 0.853. The van der Waals surface area contributed by atoms with Gasteiger partial charge in [0.05, 0.1) is 0 Å². The third-order valence-corrected chi connectivity index (χ3v) is 2.87. The summed E-state index contributed by atoms with van der Waals surface area (Å²) < 4.78 is 0. The number of anilines is 1.